The van der Waals surface area contributed by atoms with Crippen LogP contribution in [0.4, 0.5) is 0 Å². The van der Waals surface area contributed by atoms with Crippen molar-refractivity contribution in [3.8, 4) is 0 Å². The third-order valence-corrected chi connectivity index (χ3v) is 5.17. The van der Waals surface area contributed by atoms with Gasteiger partial charge in [-0.05, 0) is 0 Å². The van der Waals surface area contributed by atoms with E-state index < -0.39 is 0 Å². The molecule has 0 aliphatic heterocycles. The Bertz CT molecular complexity index is 1110. The van der Waals surface area contributed by atoms with Crippen LogP contribution in [-0.4, -0.2) is 9.52 Å². The summed E-state index contributed by atoms with van der Waals surface area (Å²) in [5.74, 6) is 0. The zero-order valence-electron chi connectivity index (χ0n) is 17.5. The Balaban J connectivity index is 0.000000147. The second-order valence-electron chi connectivity index (χ2n) is 7.25. The maximum Gasteiger partial charge on any atom is 2.00 e. The van der Waals surface area contributed by atoms with Gasteiger partial charge in [-0.15, -0.1) is 46.2 Å². The number of allylic oxidation sites excluding steroid dienone is 2. The van der Waals surface area contributed by atoms with Gasteiger partial charge in [0.05, 0.1) is 0 Å². The molecule has 0 bridgehead atoms. The van der Waals surface area contributed by atoms with Gasteiger partial charge in [0.25, 0.3) is 0 Å². The molecule has 0 heterocycles. The van der Waals surface area contributed by atoms with Crippen LogP contribution in [0, 0.1) is 12.2 Å². The number of fused-ring (bicyclic) bond motifs is 6. The van der Waals surface area contributed by atoms with E-state index in [4.69, 9.17) is 0 Å². The summed E-state index contributed by atoms with van der Waals surface area (Å²) in [6, 6.07) is 25.7. The average Bonchev–Trinajstić information content (AvgIpc) is 3.44. The van der Waals surface area contributed by atoms with Crippen molar-refractivity contribution in [1.82, 2.24) is 0 Å². The minimum atomic E-state index is 0. The SMILES string of the molecule is C[Si]C.[C-]1=CCc2ccc3ccccc3c21.[C-]1=CCc2ccc3ccccc3c21.[Zr+2]. The molecule has 0 spiro atoms. The van der Waals surface area contributed by atoms with E-state index in [2.05, 4.69) is 110 Å². The van der Waals surface area contributed by atoms with Crippen LogP contribution in [0.3, 0.4) is 0 Å². The summed E-state index contributed by atoms with van der Waals surface area (Å²) in [5.41, 5.74) is 5.38. The molecular formula is C28H24SiZr. The van der Waals surface area contributed by atoms with Crippen molar-refractivity contribution in [3.63, 3.8) is 0 Å². The molecular weight excluding hydrogens is 456 g/mol. The molecule has 6 rings (SSSR count). The second kappa shape index (κ2) is 10.8. The molecule has 0 atom stereocenters. The third-order valence-electron chi connectivity index (χ3n) is 5.17. The van der Waals surface area contributed by atoms with Gasteiger partial charge < -0.3 is 0 Å². The van der Waals surface area contributed by atoms with E-state index >= 15 is 0 Å². The first kappa shape index (κ1) is 22.7. The third kappa shape index (κ3) is 4.82. The average molecular weight is 480 g/mol. The van der Waals surface area contributed by atoms with Crippen LogP contribution in [0.2, 0.25) is 13.1 Å². The Kier molecular flexibility index (Phi) is 8.19. The summed E-state index contributed by atoms with van der Waals surface area (Å²) in [7, 11) is 1.08. The minimum Gasteiger partial charge on any atom is -0.182 e. The zero-order chi connectivity index (χ0) is 20.1. The first-order valence-electron chi connectivity index (χ1n) is 10.1. The fraction of sp³-hybridized carbons (Fsp3) is 0.143. The maximum absolute atomic E-state index is 3.32. The van der Waals surface area contributed by atoms with Gasteiger partial charge >= 0.3 is 26.2 Å². The Labute approximate surface area is 201 Å². The molecule has 0 N–H and O–H groups in total. The van der Waals surface area contributed by atoms with Crippen molar-refractivity contribution in [2.75, 3.05) is 0 Å². The smallest absolute Gasteiger partial charge is 0.182 e. The summed E-state index contributed by atoms with van der Waals surface area (Å²) >= 11 is 0. The van der Waals surface area contributed by atoms with Crippen LogP contribution in [0.1, 0.15) is 22.3 Å². The van der Waals surface area contributed by atoms with Gasteiger partial charge in [0.1, 0.15) is 0 Å². The van der Waals surface area contributed by atoms with Gasteiger partial charge in [-0.1, -0.05) is 85.2 Å². The number of benzene rings is 4. The van der Waals surface area contributed by atoms with Crippen LogP contribution in [0.25, 0.3) is 21.5 Å². The molecule has 0 fully saturated rings. The fourth-order valence-electron chi connectivity index (χ4n) is 3.84. The van der Waals surface area contributed by atoms with E-state index in [1.54, 1.807) is 0 Å². The van der Waals surface area contributed by atoms with Gasteiger partial charge in [-0.2, -0.15) is 35.4 Å². The molecule has 30 heavy (non-hydrogen) atoms. The molecule has 2 aliphatic rings. The molecule has 4 aromatic rings. The molecule has 144 valence electrons. The molecule has 0 saturated heterocycles. The van der Waals surface area contributed by atoms with Crippen molar-refractivity contribution >= 4 is 31.1 Å². The molecule has 0 amide bonds. The van der Waals surface area contributed by atoms with Gasteiger partial charge in [-0.25, -0.2) is 0 Å². The van der Waals surface area contributed by atoms with Crippen LogP contribution in [-0.2, 0) is 39.0 Å². The monoisotopic (exact) mass is 478 g/mol. The quantitative estimate of drug-likeness (QED) is 0.188. The number of rotatable bonds is 0. The molecule has 0 aromatic heterocycles. The van der Waals surface area contributed by atoms with Crippen molar-refractivity contribution < 1.29 is 26.2 Å². The Morgan fingerprint density at radius 3 is 1.43 bits per heavy atom. The van der Waals surface area contributed by atoms with Crippen molar-refractivity contribution in [2.45, 2.75) is 25.9 Å². The zero-order valence-corrected chi connectivity index (χ0v) is 21.0. The van der Waals surface area contributed by atoms with E-state index in [0.29, 0.717) is 0 Å². The van der Waals surface area contributed by atoms with Gasteiger partial charge in [0.2, 0.25) is 0 Å². The topological polar surface area (TPSA) is 0 Å². The molecule has 2 heteroatoms. The standard InChI is InChI=1S/2C13H9.C2H6Si.Zr/c2*1-2-6-12-10(4-1)8-9-11-5-3-7-13(11)12;1-3-2;/h2*1-4,6,8-9H,5H2;1-2H3;/q2*-1;;+2. The second-order valence-corrected chi connectivity index (χ2v) is 8.25. The first-order chi connectivity index (χ1) is 14.3. The minimum absolute atomic E-state index is 0. The molecule has 2 radical (unpaired) electrons. The predicted octanol–water partition coefficient (Wildman–Crippen LogP) is 6.99. The fourth-order valence-corrected chi connectivity index (χ4v) is 3.84. The Morgan fingerprint density at radius 2 is 1.00 bits per heavy atom. The molecule has 0 nitrogen and oxygen atoms in total. The van der Waals surface area contributed by atoms with E-state index in [1.165, 1.54) is 43.8 Å². The van der Waals surface area contributed by atoms with Crippen molar-refractivity contribution in [2.24, 2.45) is 0 Å². The summed E-state index contributed by atoms with van der Waals surface area (Å²) in [6.45, 7) is 4.31. The Hall–Kier alpha value is -2.02. The molecule has 0 unspecified atom stereocenters. The summed E-state index contributed by atoms with van der Waals surface area (Å²) in [4.78, 5) is 0. The van der Waals surface area contributed by atoms with Crippen LogP contribution >= 0.6 is 0 Å². The van der Waals surface area contributed by atoms with Crippen molar-refractivity contribution in [1.29, 1.82) is 0 Å². The molecule has 0 saturated carbocycles. The van der Waals surface area contributed by atoms with E-state index in [1.807, 2.05) is 0 Å². The Morgan fingerprint density at radius 1 is 0.600 bits per heavy atom. The molecule has 4 aromatic carbocycles. The summed E-state index contributed by atoms with van der Waals surface area (Å²) in [6.07, 6.45) is 12.9. The summed E-state index contributed by atoms with van der Waals surface area (Å²) in [5, 5.41) is 5.27. The van der Waals surface area contributed by atoms with E-state index in [0.717, 1.165) is 22.4 Å². The van der Waals surface area contributed by atoms with Crippen LogP contribution in [0.5, 0.6) is 0 Å². The summed E-state index contributed by atoms with van der Waals surface area (Å²) < 4.78 is 0. The largest absolute Gasteiger partial charge is 2.00 e. The predicted molar refractivity (Wildman–Crippen MR) is 127 cm³/mol. The van der Waals surface area contributed by atoms with Gasteiger partial charge in [-0.3, -0.25) is 0 Å². The van der Waals surface area contributed by atoms with E-state index in [-0.39, 0.29) is 26.2 Å². The van der Waals surface area contributed by atoms with Crippen LogP contribution < -0.4 is 0 Å². The van der Waals surface area contributed by atoms with Gasteiger partial charge in [0.15, 0.2) is 0 Å². The molecule has 2 aliphatic carbocycles. The first-order valence-corrected chi connectivity index (χ1v) is 12.1. The number of hydrogen-bond acceptors (Lipinski definition) is 0. The maximum atomic E-state index is 3.32. The van der Waals surface area contributed by atoms with Crippen LogP contribution in [0.15, 0.2) is 84.9 Å². The van der Waals surface area contributed by atoms with E-state index in [9.17, 15) is 0 Å². The number of hydrogen-bond donors (Lipinski definition) is 0. The van der Waals surface area contributed by atoms with Gasteiger partial charge in [0, 0.05) is 9.52 Å². The van der Waals surface area contributed by atoms with Crippen molar-refractivity contribution in [3.05, 3.63) is 119 Å². The normalized spacial score (nSPS) is 12.3.